The lowest BCUT2D eigenvalue weighted by Gasteiger charge is -2.25. The van der Waals surface area contributed by atoms with E-state index in [0.717, 1.165) is 19.3 Å². The molecule has 0 radical (unpaired) electrons. The van der Waals surface area contributed by atoms with Gasteiger partial charge in [0.1, 0.15) is 5.02 Å². The number of H-pyrrole nitrogens is 1. The highest BCUT2D eigenvalue weighted by molar-refractivity contribution is 6.30. The van der Waals surface area contributed by atoms with Crippen molar-refractivity contribution >= 4 is 17.5 Å². The van der Waals surface area contributed by atoms with E-state index in [1.165, 1.54) is 23.4 Å². The number of aromatic amines is 1. The molecule has 0 saturated carbocycles. The van der Waals surface area contributed by atoms with Gasteiger partial charge < -0.3 is 10.3 Å². The number of carbonyl (C=O) groups is 1. The predicted molar refractivity (Wildman–Crippen MR) is 81.8 cm³/mol. The first-order valence-corrected chi connectivity index (χ1v) is 7.27. The monoisotopic (exact) mass is 302 g/mol. The van der Waals surface area contributed by atoms with Crippen LogP contribution in [0, 0.1) is 0 Å². The largest absolute Gasteiger partial charge is 0.349 e. The van der Waals surface area contributed by atoms with Crippen LogP contribution in [0.1, 0.15) is 27.9 Å². The van der Waals surface area contributed by atoms with Crippen molar-refractivity contribution in [3.8, 4) is 0 Å². The molecule has 0 spiro atoms. The Morgan fingerprint density at radius 2 is 2.05 bits per heavy atom. The summed E-state index contributed by atoms with van der Waals surface area (Å²) >= 11 is 5.74. The summed E-state index contributed by atoms with van der Waals surface area (Å²) in [5.41, 5.74) is 2.63. The van der Waals surface area contributed by atoms with E-state index in [4.69, 9.17) is 11.6 Å². The van der Waals surface area contributed by atoms with Gasteiger partial charge in [0.15, 0.2) is 0 Å². The summed E-state index contributed by atoms with van der Waals surface area (Å²) in [7, 11) is 0. The van der Waals surface area contributed by atoms with Gasteiger partial charge in [-0.2, -0.15) is 0 Å². The molecule has 0 saturated heterocycles. The van der Waals surface area contributed by atoms with Crippen molar-refractivity contribution in [2.75, 3.05) is 0 Å². The van der Waals surface area contributed by atoms with E-state index in [1.807, 2.05) is 12.1 Å². The van der Waals surface area contributed by atoms with Crippen molar-refractivity contribution < 1.29 is 4.79 Å². The van der Waals surface area contributed by atoms with Gasteiger partial charge in [-0.05, 0) is 36.5 Å². The summed E-state index contributed by atoms with van der Waals surface area (Å²) in [5.74, 6) is -0.211. The number of rotatable bonds is 2. The molecule has 1 amide bonds. The summed E-state index contributed by atoms with van der Waals surface area (Å²) in [5, 5.41) is 3.03. The van der Waals surface area contributed by atoms with Gasteiger partial charge in [-0.3, -0.25) is 9.59 Å². The number of fused-ring (bicyclic) bond motifs is 1. The van der Waals surface area contributed by atoms with E-state index in [-0.39, 0.29) is 22.5 Å². The molecular formula is C16H15ClN2O2. The van der Waals surface area contributed by atoms with Crippen molar-refractivity contribution in [1.29, 1.82) is 0 Å². The minimum absolute atomic E-state index is 0.0247. The number of hydrogen-bond donors (Lipinski definition) is 2. The van der Waals surface area contributed by atoms with Crippen molar-refractivity contribution in [3.63, 3.8) is 0 Å². The summed E-state index contributed by atoms with van der Waals surface area (Å²) in [6, 6.07) is 9.80. The van der Waals surface area contributed by atoms with Gasteiger partial charge in [0.2, 0.25) is 0 Å². The SMILES string of the molecule is O=C(N[C@H]1CCc2ccccc2C1)c1c[nH]c(=O)c(Cl)c1. The smallest absolute Gasteiger partial charge is 0.266 e. The molecule has 108 valence electrons. The first kappa shape index (κ1) is 13.9. The third-order valence-corrected chi connectivity index (χ3v) is 4.08. The molecule has 0 bridgehead atoms. The topological polar surface area (TPSA) is 62.0 Å². The number of amides is 1. The van der Waals surface area contributed by atoms with E-state index < -0.39 is 0 Å². The number of carbonyl (C=O) groups excluding carboxylic acids is 1. The average Bonchev–Trinajstić information content (AvgIpc) is 2.50. The first-order chi connectivity index (χ1) is 10.1. The molecule has 3 rings (SSSR count). The lowest BCUT2D eigenvalue weighted by Crippen LogP contribution is -2.39. The Bertz CT molecular complexity index is 739. The van der Waals surface area contributed by atoms with Crippen LogP contribution in [0.5, 0.6) is 0 Å². The highest BCUT2D eigenvalue weighted by Gasteiger charge is 2.20. The molecule has 5 heteroatoms. The van der Waals surface area contributed by atoms with Crippen LogP contribution in [-0.2, 0) is 12.8 Å². The zero-order valence-corrected chi connectivity index (χ0v) is 12.1. The molecule has 1 aromatic heterocycles. The Morgan fingerprint density at radius 1 is 1.29 bits per heavy atom. The zero-order chi connectivity index (χ0) is 14.8. The molecule has 0 aliphatic heterocycles. The van der Waals surface area contributed by atoms with Crippen LogP contribution in [0.15, 0.2) is 41.3 Å². The fourth-order valence-electron chi connectivity index (χ4n) is 2.68. The zero-order valence-electron chi connectivity index (χ0n) is 11.4. The van der Waals surface area contributed by atoms with Gasteiger partial charge in [0, 0.05) is 12.2 Å². The van der Waals surface area contributed by atoms with Gasteiger partial charge in [0.25, 0.3) is 11.5 Å². The normalized spacial score (nSPS) is 17.1. The number of nitrogens with one attached hydrogen (secondary N) is 2. The van der Waals surface area contributed by atoms with Crippen LogP contribution >= 0.6 is 11.6 Å². The third kappa shape index (κ3) is 3.00. The van der Waals surface area contributed by atoms with Crippen LogP contribution in [0.4, 0.5) is 0 Å². The number of halogens is 1. The number of benzene rings is 1. The van der Waals surface area contributed by atoms with Gasteiger partial charge in [-0.1, -0.05) is 35.9 Å². The van der Waals surface area contributed by atoms with Gasteiger partial charge >= 0.3 is 0 Å². The van der Waals surface area contributed by atoms with Gasteiger partial charge in [-0.15, -0.1) is 0 Å². The summed E-state index contributed by atoms with van der Waals surface area (Å²) < 4.78 is 0. The second-order valence-corrected chi connectivity index (χ2v) is 5.65. The highest BCUT2D eigenvalue weighted by atomic mass is 35.5. The number of aryl methyl sites for hydroxylation is 1. The van der Waals surface area contributed by atoms with Crippen molar-refractivity contribution in [2.45, 2.75) is 25.3 Å². The standard InChI is InChI=1S/C16H15ClN2O2/c17-14-8-12(9-18-16(14)21)15(20)19-13-6-5-10-3-1-2-4-11(10)7-13/h1-4,8-9,13H,5-7H2,(H,18,21)(H,19,20)/t13-/m0/s1. The summed E-state index contributed by atoms with van der Waals surface area (Å²) in [6.45, 7) is 0. The van der Waals surface area contributed by atoms with Gasteiger partial charge in [-0.25, -0.2) is 0 Å². The Labute approximate surface area is 127 Å². The third-order valence-electron chi connectivity index (χ3n) is 3.80. The molecule has 1 aromatic carbocycles. The first-order valence-electron chi connectivity index (χ1n) is 6.89. The molecule has 0 unspecified atom stereocenters. The maximum absolute atomic E-state index is 12.2. The van der Waals surface area contributed by atoms with Crippen LogP contribution in [-0.4, -0.2) is 16.9 Å². The average molecular weight is 303 g/mol. The van der Waals surface area contributed by atoms with Crippen LogP contribution in [0.2, 0.25) is 5.02 Å². The number of hydrogen-bond acceptors (Lipinski definition) is 2. The molecule has 1 heterocycles. The minimum atomic E-state index is -0.389. The molecule has 2 aromatic rings. The fraction of sp³-hybridized carbons (Fsp3) is 0.250. The lowest BCUT2D eigenvalue weighted by atomic mass is 9.88. The van der Waals surface area contributed by atoms with Crippen molar-refractivity contribution in [3.05, 3.63) is 68.6 Å². The molecule has 0 fully saturated rings. The van der Waals surface area contributed by atoms with E-state index in [0.29, 0.717) is 5.56 Å². The quantitative estimate of drug-likeness (QED) is 0.894. The van der Waals surface area contributed by atoms with Crippen LogP contribution < -0.4 is 10.9 Å². The summed E-state index contributed by atoms with van der Waals surface area (Å²) in [6.07, 6.45) is 4.10. The predicted octanol–water partition coefficient (Wildman–Crippen LogP) is 2.32. The molecule has 21 heavy (non-hydrogen) atoms. The van der Waals surface area contributed by atoms with Crippen LogP contribution in [0.3, 0.4) is 0 Å². The highest BCUT2D eigenvalue weighted by Crippen LogP contribution is 2.21. The fourth-order valence-corrected chi connectivity index (χ4v) is 2.85. The summed E-state index contributed by atoms with van der Waals surface area (Å²) in [4.78, 5) is 25.9. The molecule has 4 nitrogen and oxygen atoms in total. The molecule has 1 aliphatic carbocycles. The Kier molecular flexibility index (Phi) is 3.80. The van der Waals surface area contributed by atoms with Crippen molar-refractivity contribution in [2.24, 2.45) is 0 Å². The Hall–Kier alpha value is -2.07. The molecule has 2 N–H and O–H groups in total. The van der Waals surface area contributed by atoms with Crippen LogP contribution in [0.25, 0.3) is 0 Å². The van der Waals surface area contributed by atoms with E-state index >= 15 is 0 Å². The maximum atomic E-state index is 12.2. The minimum Gasteiger partial charge on any atom is -0.349 e. The Morgan fingerprint density at radius 3 is 2.81 bits per heavy atom. The molecule has 1 atom stereocenters. The second kappa shape index (κ2) is 5.74. The lowest BCUT2D eigenvalue weighted by molar-refractivity contribution is 0.0933. The number of pyridine rings is 1. The maximum Gasteiger partial charge on any atom is 0.266 e. The van der Waals surface area contributed by atoms with E-state index in [9.17, 15) is 9.59 Å². The van der Waals surface area contributed by atoms with E-state index in [2.05, 4.69) is 22.4 Å². The second-order valence-electron chi connectivity index (χ2n) is 5.25. The Balaban J connectivity index is 1.71. The van der Waals surface area contributed by atoms with Gasteiger partial charge in [0.05, 0.1) is 5.56 Å². The van der Waals surface area contributed by atoms with Crippen molar-refractivity contribution in [1.82, 2.24) is 10.3 Å². The molecular weight excluding hydrogens is 288 g/mol. The number of aromatic nitrogens is 1. The van der Waals surface area contributed by atoms with E-state index in [1.54, 1.807) is 0 Å². The molecule has 1 aliphatic rings.